The average molecular weight is 625 g/mol. The molecule has 3 heterocycles. The lowest BCUT2D eigenvalue weighted by Crippen LogP contribution is -2.06. The Balaban J connectivity index is 1.27. The van der Waals surface area contributed by atoms with Crippen LogP contribution in [0.15, 0.2) is 121 Å². The van der Waals surface area contributed by atoms with Crippen LogP contribution in [-0.4, -0.2) is 17.6 Å². The minimum Gasteiger partial charge on any atom is -0.309 e. The lowest BCUT2D eigenvalue weighted by atomic mass is 9.95. The number of para-hydroxylation sites is 2. The van der Waals surface area contributed by atoms with Gasteiger partial charge in [0.05, 0.1) is 46.7 Å². The van der Waals surface area contributed by atoms with Crippen molar-refractivity contribution in [2.75, 3.05) is 0 Å². The second kappa shape index (κ2) is 9.92. The zero-order valence-corrected chi connectivity index (χ0v) is 25.8. The number of benzene rings is 6. The molecule has 0 N–H and O–H groups in total. The van der Waals surface area contributed by atoms with Gasteiger partial charge in [0.25, 0.3) is 0 Å². The van der Waals surface area contributed by atoms with Crippen molar-refractivity contribution in [3.8, 4) is 22.5 Å². The van der Waals surface area contributed by atoms with E-state index in [1.807, 2.05) is 78.9 Å². The fraction of sp³-hybridized carbons (Fsp3) is 0.0500. The number of rotatable bonds is 2. The second-order valence-corrected chi connectivity index (χ2v) is 14.1. The van der Waals surface area contributed by atoms with Crippen molar-refractivity contribution in [3.05, 3.63) is 155 Å². The Kier molecular flexibility index (Phi) is 5.74. The first-order valence-corrected chi connectivity index (χ1v) is 17.0. The number of hydrogen-bond donors (Lipinski definition) is 0. The van der Waals surface area contributed by atoms with Crippen LogP contribution >= 0.6 is 0 Å². The molecule has 0 saturated carbocycles. The van der Waals surface area contributed by atoms with Crippen LogP contribution in [0, 0.1) is 13.1 Å². The highest BCUT2D eigenvalue weighted by molar-refractivity contribution is 7.89. The first-order chi connectivity index (χ1) is 22.9. The van der Waals surface area contributed by atoms with Crippen LogP contribution in [0.4, 0.5) is 11.4 Å². The van der Waals surface area contributed by atoms with E-state index in [4.69, 9.17) is 13.1 Å². The molecule has 0 bridgehead atoms. The predicted octanol–water partition coefficient (Wildman–Crippen LogP) is 10.1. The van der Waals surface area contributed by atoms with Crippen molar-refractivity contribution in [2.24, 2.45) is 0 Å². The van der Waals surface area contributed by atoms with E-state index in [0.717, 1.165) is 77.2 Å². The molecule has 0 radical (unpaired) electrons. The fourth-order valence-corrected chi connectivity index (χ4v) is 8.86. The van der Waals surface area contributed by atoms with Crippen LogP contribution in [-0.2, 0) is 21.3 Å². The minimum atomic E-state index is -3.45. The molecule has 7 heteroatoms. The minimum absolute atomic E-state index is 0.0387. The van der Waals surface area contributed by atoms with Crippen LogP contribution in [0.3, 0.4) is 0 Å². The van der Waals surface area contributed by atoms with Crippen molar-refractivity contribution in [2.45, 2.75) is 11.5 Å². The molecule has 0 aliphatic carbocycles. The van der Waals surface area contributed by atoms with Crippen LogP contribution in [0.5, 0.6) is 0 Å². The number of hydrogen-bond acceptors (Lipinski definition) is 2. The van der Waals surface area contributed by atoms with Crippen LogP contribution in [0.25, 0.3) is 75.8 Å². The van der Waals surface area contributed by atoms with Gasteiger partial charge in [-0.3, -0.25) is 0 Å². The molecule has 6 nitrogen and oxygen atoms in total. The molecule has 0 atom stereocenters. The monoisotopic (exact) mass is 624 g/mol. The van der Waals surface area contributed by atoms with Gasteiger partial charge in [0, 0.05) is 22.1 Å². The molecule has 1 aliphatic heterocycles. The molecule has 0 unspecified atom stereocenters. The lowest BCUT2D eigenvalue weighted by molar-refractivity contribution is 0.595. The Morgan fingerprint density at radius 3 is 1.60 bits per heavy atom. The molecule has 8 aromatic rings. The molecule has 2 aromatic heterocycles. The summed E-state index contributed by atoms with van der Waals surface area (Å²) >= 11 is 0. The van der Waals surface area contributed by atoms with Crippen LogP contribution in [0.2, 0.25) is 0 Å². The van der Waals surface area contributed by atoms with Gasteiger partial charge in [-0.2, -0.15) is 0 Å². The number of sulfone groups is 1. The standard InChI is InChI=1S/C40H24N4O2S/c1-41-27-12-17-39-35(20-27)32-7-3-5-9-37(32)43(39)29-15-16-31-26(19-29)24-47(45,46)23-25-11-14-30(22-34(25)31)44-38-10-6-4-8-33(38)36-21-28(42-2)13-18-40(36)44/h3-22H,23-24H2. The van der Waals surface area contributed by atoms with E-state index in [1.54, 1.807) is 0 Å². The number of fused-ring (bicyclic) bond motifs is 9. The third-order valence-electron chi connectivity index (χ3n) is 9.31. The number of aromatic nitrogens is 2. The molecule has 0 fully saturated rings. The van der Waals surface area contributed by atoms with Gasteiger partial charge in [-0.05, 0) is 93.7 Å². The Morgan fingerprint density at radius 1 is 0.489 bits per heavy atom. The normalized spacial score (nSPS) is 13.7. The van der Waals surface area contributed by atoms with Gasteiger partial charge in [-0.25, -0.2) is 18.1 Å². The van der Waals surface area contributed by atoms with Gasteiger partial charge < -0.3 is 9.13 Å². The molecule has 0 spiro atoms. The highest BCUT2D eigenvalue weighted by atomic mass is 32.2. The van der Waals surface area contributed by atoms with E-state index >= 15 is 0 Å². The first-order valence-electron chi connectivity index (χ1n) is 15.2. The second-order valence-electron chi connectivity index (χ2n) is 12.0. The van der Waals surface area contributed by atoms with Crippen LogP contribution in [0.1, 0.15) is 11.1 Å². The van der Waals surface area contributed by atoms with Gasteiger partial charge in [-0.15, -0.1) is 0 Å². The highest BCUT2D eigenvalue weighted by Gasteiger charge is 2.26. The maximum atomic E-state index is 13.5. The maximum Gasteiger partial charge on any atom is 0.188 e. The van der Waals surface area contributed by atoms with Gasteiger partial charge in [-0.1, -0.05) is 60.7 Å². The van der Waals surface area contributed by atoms with Crippen molar-refractivity contribution in [1.29, 1.82) is 0 Å². The first kappa shape index (κ1) is 27.2. The third kappa shape index (κ3) is 4.11. The molecule has 222 valence electrons. The van der Waals surface area contributed by atoms with Gasteiger partial charge >= 0.3 is 0 Å². The summed E-state index contributed by atoms with van der Waals surface area (Å²) in [6.07, 6.45) is 0. The fourth-order valence-electron chi connectivity index (χ4n) is 7.32. The van der Waals surface area contributed by atoms with E-state index in [-0.39, 0.29) is 11.5 Å². The van der Waals surface area contributed by atoms with Gasteiger partial charge in [0.2, 0.25) is 0 Å². The van der Waals surface area contributed by atoms with E-state index in [0.29, 0.717) is 11.4 Å². The summed E-state index contributed by atoms with van der Waals surface area (Å²) in [6, 6.07) is 39.9. The summed E-state index contributed by atoms with van der Waals surface area (Å²) in [5.74, 6) is -0.100. The molecule has 0 saturated heterocycles. The molecule has 1 aliphatic rings. The van der Waals surface area contributed by atoms with E-state index in [2.05, 4.69) is 61.3 Å². The molecule has 0 amide bonds. The van der Waals surface area contributed by atoms with Crippen LogP contribution < -0.4 is 0 Å². The molecular weight excluding hydrogens is 601 g/mol. The average Bonchev–Trinajstić information content (AvgIpc) is 3.56. The van der Waals surface area contributed by atoms with E-state index in [9.17, 15) is 8.42 Å². The SMILES string of the molecule is [C-]#[N+]c1ccc2c(c1)c1ccccc1n2-c1ccc2c(c1)CS(=O)(=O)Cc1ccc(-n3c4ccccc4c4cc([N+]#[C-])ccc43)cc1-2. The predicted molar refractivity (Wildman–Crippen MR) is 189 cm³/mol. The third-order valence-corrected chi connectivity index (χ3v) is 10.8. The zero-order chi connectivity index (χ0) is 31.9. The van der Waals surface area contributed by atoms with Gasteiger partial charge in [0.1, 0.15) is 0 Å². The quantitative estimate of drug-likeness (QED) is 0.180. The lowest BCUT2D eigenvalue weighted by Gasteiger charge is -2.15. The summed E-state index contributed by atoms with van der Waals surface area (Å²) < 4.78 is 31.4. The Hall–Kier alpha value is -6.15. The Morgan fingerprint density at radius 2 is 1.00 bits per heavy atom. The van der Waals surface area contributed by atoms with Crippen molar-refractivity contribution in [1.82, 2.24) is 9.13 Å². The molecule has 6 aromatic carbocycles. The number of nitrogens with zero attached hydrogens (tertiary/aromatic N) is 4. The summed E-state index contributed by atoms with van der Waals surface area (Å²) in [5.41, 5.74) is 10.3. The van der Waals surface area contributed by atoms with Crippen molar-refractivity contribution < 1.29 is 8.42 Å². The summed E-state index contributed by atoms with van der Waals surface area (Å²) in [6.45, 7) is 15.1. The largest absolute Gasteiger partial charge is 0.309 e. The van der Waals surface area contributed by atoms with E-state index in [1.165, 1.54) is 0 Å². The molecular formula is C40H24N4O2S. The Labute approximate surface area is 270 Å². The van der Waals surface area contributed by atoms with E-state index < -0.39 is 9.84 Å². The molecule has 47 heavy (non-hydrogen) atoms. The Bertz CT molecular complexity index is 2850. The molecule has 9 rings (SSSR count). The smallest absolute Gasteiger partial charge is 0.188 e. The topological polar surface area (TPSA) is 52.7 Å². The zero-order valence-electron chi connectivity index (χ0n) is 25.0. The summed E-state index contributed by atoms with van der Waals surface area (Å²) in [5, 5.41) is 4.10. The highest BCUT2D eigenvalue weighted by Crippen LogP contribution is 2.41. The van der Waals surface area contributed by atoms with Crippen molar-refractivity contribution in [3.63, 3.8) is 0 Å². The summed E-state index contributed by atoms with van der Waals surface area (Å²) in [7, 11) is -3.45. The van der Waals surface area contributed by atoms with Crippen molar-refractivity contribution >= 4 is 64.8 Å². The summed E-state index contributed by atoms with van der Waals surface area (Å²) in [4.78, 5) is 7.30. The van der Waals surface area contributed by atoms with Gasteiger partial charge in [0.15, 0.2) is 21.2 Å². The maximum absolute atomic E-state index is 13.5.